The molecule has 2 aromatic heterocycles. The van der Waals surface area contributed by atoms with E-state index in [1.807, 2.05) is 37.3 Å². The monoisotopic (exact) mass is 596 g/mol. The molecular weight excluding hydrogens is 575 g/mol. The third-order valence-electron chi connectivity index (χ3n) is 6.05. The second-order valence-corrected chi connectivity index (χ2v) is 11.7. The maximum absolute atomic E-state index is 13.8. The molecule has 0 aliphatic heterocycles. The number of thiazole rings is 1. The fraction of sp³-hybridized carbons (Fsp3) is 0.143. The number of halogens is 2. The molecule has 0 atom stereocenters. The summed E-state index contributed by atoms with van der Waals surface area (Å²) in [6.07, 6.45) is 0.897. The Bertz CT molecular complexity index is 1810. The Morgan fingerprint density at radius 3 is 2.41 bits per heavy atom. The number of aryl methyl sites for hydroxylation is 2. The predicted octanol–water partition coefficient (Wildman–Crippen LogP) is 7.36. The number of rotatable bonds is 7. The number of carbonyl (C=O) groups excluding carboxylic acids is 1. The number of fused-ring (bicyclic) bond motifs is 1. The minimum Gasteiger partial charge on any atom is -0.325 e. The number of aromatic nitrogens is 3. The van der Waals surface area contributed by atoms with Gasteiger partial charge < -0.3 is 5.32 Å². The van der Waals surface area contributed by atoms with E-state index in [1.165, 1.54) is 45.7 Å². The Labute approximate surface area is 242 Å². The molecule has 6 nitrogen and oxygen atoms in total. The summed E-state index contributed by atoms with van der Waals surface area (Å²) in [6, 6.07) is 18.7. The van der Waals surface area contributed by atoms with Gasteiger partial charge in [-0.05, 0) is 85.2 Å². The van der Waals surface area contributed by atoms with Crippen LogP contribution in [0, 0.1) is 16.7 Å². The van der Waals surface area contributed by atoms with Crippen molar-refractivity contribution in [3.8, 4) is 11.4 Å². The Kier molecular flexibility index (Phi) is 7.99. The maximum Gasteiger partial charge on any atom is 0.278 e. The van der Waals surface area contributed by atoms with Crippen molar-refractivity contribution in [1.82, 2.24) is 14.1 Å². The molecule has 0 unspecified atom stereocenters. The average Bonchev–Trinajstić information content (AvgIpc) is 3.26. The fourth-order valence-corrected chi connectivity index (χ4v) is 6.24. The lowest BCUT2D eigenvalue weighted by atomic mass is 10.1. The molecule has 2 heterocycles. The lowest BCUT2D eigenvalue weighted by Gasteiger charge is -2.13. The van der Waals surface area contributed by atoms with E-state index in [0.717, 1.165) is 29.4 Å². The van der Waals surface area contributed by atoms with Crippen molar-refractivity contribution in [2.75, 3.05) is 11.1 Å². The van der Waals surface area contributed by atoms with Gasteiger partial charge in [0.05, 0.1) is 11.4 Å². The number of hydrogen-bond acceptors (Lipinski definition) is 6. The van der Waals surface area contributed by atoms with Crippen LogP contribution in [0.25, 0.3) is 21.7 Å². The summed E-state index contributed by atoms with van der Waals surface area (Å²) >= 11 is 14.1. The van der Waals surface area contributed by atoms with Crippen molar-refractivity contribution < 1.29 is 9.18 Å². The van der Waals surface area contributed by atoms with E-state index in [9.17, 15) is 14.0 Å². The van der Waals surface area contributed by atoms with Crippen molar-refractivity contribution in [1.29, 1.82) is 0 Å². The van der Waals surface area contributed by atoms with E-state index in [4.69, 9.17) is 28.8 Å². The summed E-state index contributed by atoms with van der Waals surface area (Å²) in [5, 5.41) is 3.65. The quantitative estimate of drug-likeness (QED) is 0.121. The number of carbonyl (C=O) groups is 1. The van der Waals surface area contributed by atoms with Gasteiger partial charge in [0, 0.05) is 16.4 Å². The number of nitrogens with zero attached hydrogens (tertiary/aromatic N) is 3. The van der Waals surface area contributed by atoms with Crippen LogP contribution in [-0.4, -0.2) is 25.8 Å². The first-order chi connectivity index (χ1) is 18.7. The molecule has 0 saturated heterocycles. The maximum atomic E-state index is 13.8. The summed E-state index contributed by atoms with van der Waals surface area (Å²) in [5.41, 5.74) is 3.93. The highest BCUT2D eigenvalue weighted by molar-refractivity contribution is 7.99. The van der Waals surface area contributed by atoms with Gasteiger partial charge in [0.15, 0.2) is 14.8 Å². The Balaban J connectivity index is 1.57. The molecular formula is C28H22ClFN4O2S3. The third kappa shape index (κ3) is 5.69. The summed E-state index contributed by atoms with van der Waals surface area (Å²) in [7, 11) is 0. The number of anilines is 1. The lowest BCUT2D eigenvalue weighted by Crippen LogP contribution is -2.22. The molecule has 5 aromatic rings. The molecule has 39 heavy (non-hydrogen) atoms. The van der Waals surface area contributed by atoms with Crippen molar-refractivity contribution in [3.05, 3.63) is 103 Å². The van der Waals surface area contributed by atoms with Gasteiger partial charge >= 0.3 is 0 Å². The van der Waals surface area contributed by atoms with Crippen LogP contribution in [0.1, 0.15) is 18.1 Å². The molecule has 1 N–H and O–H groups in total. The van der Waals surface area contributed by atoms with Crippen molar-refractivity contribution in [3.63, 3.8) is 0 Å². The van der Waals surface area contributed by atoms with E-state index in [1.54, 1.807) is 16.7 Å². The first-order valence-electron chi connectivity index (χ1n) is 12.0. The molecule has 0 aliphatic carbocycles. The van der Waals surface area contributed by atoms with Crippen LogP contribution < -0.4 is 10.9 Å². The highest BCUT2D eigenvalue weighted by Gasteiger charge is 2.20. The van der Waals surface area contributed by atoms with Gasteiger partial charge in [0.1, 0.15) is 10.5 Å². The number of hydrogen-bond donors (Lipinski definition) is 1. The lowest BCUT2D eigenvalue weighted by molar-refractivity contribution is -0.113. The zero-order chi connectivity index (χ0) is 27.7. The molecule has 0 spiro atoms. The normalized spacial score (nSPS) is 11.2. The Morgan fingerprint density at radius 2 is 1.74 bits per heavy atom. The van der Waals surface area contributed by atoms with Crippen LogP contribution in [0.5, 0.6) is 0 Å². The number of amides is 1. The molecule has 0 radical (unpaired) electrons. The highest BCUT2D eigenvalue weighted by atomic mass is 35.5. The molecule has 11 heteroatoms. The summed E-state index contributed by atoms with van der Waals surface area (Å²) in [6.45, 7) is 3.95. The van der Waals surface area contributed by atoms with Crippen molar-refractivity contribution in [2.24, 2.45) is 0 Å². The van der Waals surface area contributed by atoms with E-state index in [0.29, 0.717) is 30.7 Å². The SMILES string of the molecule is CCc1ccc(-n2c(=S)sc3c(=O)n(-c4ccc(F)cc4)c(SCC(=O)Nc4ccc(C)c(Cl)c4)nc32)cc1. The average molecular weight is 597 g/mol. The standard InChI is InChI=1S/C28H22ClFN4O2S3/c1-3-17-5-10-20(11-6-17)33-25-24(39-28(33)37)26(36)34(21-12-7-18(30)8-13-21)27(32-25)38-15-23(35)31-19-9-4-16(2)22(29)14-19/h4-14H,3,15H2,1-2H3,(H,31,35). The highest BCUT2D eigenvalue weighted by Crippen LogP contribution is 2.28. The molecule has 0 aliphatic rings. The van der Waals surface area contributed by atoms with E-state index < -0.39 is 5.82 Å². The minimum atomic E-state index is -0.427. The molecule has 5 rings (SSSR count). The van der Waals surface area contributed by atoms with E-state index in [2.05, 4.69) is 12.2 Å². The minimum absolute atomic E-state index is 0.0271. The molecule has 0 saturated carbocycles. The van der Waals surface area contributed by atoms with Crippen molar-refractivity contribution >= 4 is 68.9 Å². The smallest absolute Gasteiger partial charge is 0.278 e. The number of nitrogens with one attached hydrogen (secondary N) is 1. The Hall–Kier alpha value is -3.31. The van der Waals surface area contributed by atoms with Crippen LogP contribution in [0.3, 0.4) is 0 Å². The van der Waals surface area contributed by atoms with E-state index in [-0.39, 0.29) is 22.4 Å². The third-order valence-corrected chi connectivity index (χ3v) is 8.75. The first kappa shape index (κ1) is 27.3. The summed E-state index contributed by atoms with van der Waals surface area (Å²) in [4.78, 5) is 31.4. The number of benzene rings is 3. The van der Waals surface area contributed by atoms with Crippen LogP contribution in [0.2, 0.25) is 5.02 Å². The summed E-state index contributed by atoms with van der Waals surface area (Å²) < 4.78 is 17.7. The van der Waals surface area contributed by atoms with Gasteiger partial charge in [0.25, 0.3) is 5.56 Å². The first-order valence-corrected chi connectivity index (χ1v) is 14.6. The zero-order valence-corrected chi connectivity index (χ0v) is 24.1. The van der Waals surface area contributed by atoms with Crippen molar-refractivity contribution in [2.45, 2.75) is 25.4 Å². The Morgan fingerprint density at radius 1 is 1.08 bits per heavy atom. The van der Waals surface area contributed by atoms with Gasteiger partial charge in [-0.15, -0.1) is 0 Å². The molecule has 0 bridgehead atoms. The molecule has 198 valence electrons. The molecule has 3 aromatic carbocycles. The van der Waals surface area contributed by atoms with Gasteiger partial charge in [0.2, 0.25) is 5.91 Å². The molecule has 0 fully saturated rings. The largest absolute Gasteiger partial charge is 0.325 e. The molecule has 1 amide bonds. The second-order valence-electron chi connectivity index (χ2n) is 8.69. The van der Waals surface area contributed by atoms with Gasteiger partial charge in [-0.1, -0.05) is 59.8 Å². The van der Waals surface area contributed by atoms with Crippen LogP contribution in [-0.2, 0) is 11.2 Å². The zero-order valence-electron chi connectivity index (χ0n) is 20.9. The predicted molar refractivity (Wildman–Crippen MR) is 160 cm³/mol. The van der Waals surface area contributed by atoms with Gasteiger partial charge in [-0.2, -0.15) is 0 Å². The van der Waals surface area contributed by atoms with Gasteiger partial charge in [-0.25, -0.2) is 9.37 Å². The van der Waals surface area contributed by atoms with E-state index >= 15 is 0 Å². The topological polar surface area (TPSA) is 68.9 Å². The number of thioether (sulfide) groups is 1. The summed E-state index contributed by atoms with van der Waals surface area (Å²) in [5.74, 6) is -0.749. The fourth-order valence-electron chi connectivity index (χ4n) is 3.96. The van der Waals surface area contributed by atoms with Crippen LogP contribution in [0.4, 0.5) is 10.1 Å². The van der Waals surface area contributed by atoms with Gasteiger partial charge in [-0.3, -0.25) is 18.7 Å². The van der Waals surface area contributed by atoms with Crippen LogP contribution in [0.15, 0.2) is 76.7 Å². The second kappa shape index (κ2) is 11.4. The van der Waals surface area contributed by atoms with Crippen LogP contribution >= 0.6 is 46.9 Å².